The van der Waals surface area contributed by atoms with Gasteiger partial charge in [-0.3, -0.25) is 0 Å². The molecule has 0 heterocycles. The molecule has 0 aliphatic heterocycles. The molecule has 46 valence electrons. The summed E-state index contributed by atoms with van der Waals surface area (Å²) in [5.74, 6) is 0. The fourth-order valence-corrected chi connectivity index (χ4v) is 0.0976. The van der Waals surface area contributed by atoms with Crippen LogP contribution in [0.15, 0.2) is 11.8 Å². The highest BCUT2D eigenvalue weighted by Gasteiger charge is 2.20. The Hall–Kier alpha value is -0.485. The standard InChI is InChI=1S/C2H2BF3O2/c4-1(2(5)6)3(7)8/h7-8H. The van der Waals surface area contributed by atoms with Crippen LogP contribution in [0.2, 0.25) is 0 Å². The fraction of sp³-hybridized carbons (Fsp3) is 0. The average Bonchev–Trinajstić information content (AvgIpc) is 1.64. The van der Waals surface area contributed by atoms with E-state index in [4.69, 9.17) is 10.0 Å². The summed E-state index contributed by atoms with van der Waals surface area (Å²) in [5.41, 5.74) is -2.20. The highest BCUT2D eigenvalue weighted by Crippen LogP contribution is 2.08. The minimum atomic E-state index is -2.71. The van der Waals surface area contributed by atoms with E-state index >= 15 is 0 Å². The zero-order chi connectivity index (χ0) is 6.73. The van der Waals surface area contributed by atoms with Gasteiger partial charge in [0.1, 0.15) is 0 Å². The van der Waals surface area contributed by atoms with Gasteiger partial charge in [0.05, 0.1) is 0 Å². The minimum Gasteiger partial charge on any atom is -0.422 e. The second kappa shape index (κ2) is 2.73. The summed E-state index contributed by atoms with van der Waals surface area (Å²) in [6.07, 6.45) is -2.71. The van der Waals surface area contributed by atoms with E-state index in [-0.39, 0.29) is 0 Å². The molecule has 0 saturated carbocycles. The van der Waals surface area contributed by atoms with Gasteiger partial charge in [-0.15, -0.1) is 0 Å². The predicted octanol–water partition coefficient (Wildman–Crippen LogP) is 0.0760. The molecule has 0 bridgehead atoms. The SMILES string of the molecule is OB(O)C(F)=C(F)F. The maximum Gasteiger partial charge on any atom is 0.524 e. The van der Waals surface area contributed by atoms with E-state index in [2.05, 4.69) is 0 Å². The van der Waals surface area contributed by atoms with Gasteiger partial charge in [-0.05, 0) is 0 Å². The maximum atomic E-state index is 11.3. The van der Waals surface area contributed by atoms with E-state index in [1.165, 1.54) is 0 Å². The van der Waals surface area contributed by atoms with E-state index in [0.29, 0.717) is 0 Å². The Morgan fingerprint density at radius 1 is 1.12 bits per heavy atom. The van der Waals surface area contributed by atoms with Crippen LogP contribution < -0.4 is 0 Å². The molecule has 0 unspecified atom stereocenters. The Morgan fingerprint density at radius 2 is 1.50 bits per heavy atom. The first-order chi connectivity index (χ1) is 3.55. The van der Waals surface area contributed by atoms with Crippen LogP contribution in [0.5, 0.6) is 0 Å². The van der Waals surface area contributed by atoms with Crippen molar-refractivity contribution in [2.75, 3.05) is 0 Å². The molecule has 0 aliphatic rings. The third-order valence-electron chi connectivity index (χ3n) is 0.407. The molecule has 6 heteroatoms. The van der Waals surface area contributed by atoms with E-state index in [9.17, 15) is 13.2 Å². The minimum absolute atomic E-state index is 2.20. The zero-order valence-corrected chi connectivity index (χ0v) is 3.61. The van der Waals surface area contributed by atoms with E-state index in [1.54, 1.807) is 0 Å². The molecular formula is C2H2BF3O2. The molecular weight excluding hydrogens is 124 g/mol. The Balaban J connectivity index is 4.00. The predicted molar refractivity (Wildman–Crippen MR) is 20.5 cm³/mol. The molecule has 2 N–H and O–H groups in total. The summed E-state index contributed by atoms with van der Waals surface area (Å²) in [4.78, 5) is 0. The molecule has 0 rings (SSSR count). The molecule has 0 fully saturated rings. The molecule has 0 aromatic heterocycles. The Kier molecular flexibility index (Phi) is 2.57. The molecule has 0 aromatic carbocycles. The fourth-order valence-electron chi connectivity index (χ4n) is 0.0976. The zero-order valence-electron chi connectivity index (χ0n) is 3.61. The number of rotatable bonds is 1. The van der Waals surface area contributed by atoms with Crippen molar-refractivity contribution >= 4 is 7.12 Å². The lowest BCUT2D eigenvalue weighted by Gasteiger charge is -1.88. The lowest BCUT2D eigenvalue weighted by Crippen LogP contribution is -2.12. The van der Waals surface area contributed by atoms with Gasteiger partial charge in [0, 0.05) is 0 Å². The summed E-state index contributed by atoms with van der Waals surface area (Å²) in [7, 11) is -2.69. The second-order valence-electron chi connectivity index (χ2n) is 0.982. The molecule has 0 spiro atoms. The van der Waals surface area contributed by atoms with Gasteiger partial charge in [-0.1, -0.05) is 0 Å². The van der Waals surface area contributed by atoms with Gasteiger partial charge in [0.2, 0.25) is 0 Å². The van der Waals surface area contributed by atoms with Gasteiger partial charge in [-0.2, -0.15) is 8.78 Å². The van der Waals surface area contributed by atoms with Crippen molar-refractivity contribution in [3.05, 3.63) is 11.8 Å². The van der Waals surface area contributed by atoms with Crippen molar-refractivity contribution in [2.45, 2.75) is 0 Å². The number of hydrogen-bond acceptors (Lipinski definition) is 2. The van der Waals surface area contributed by atoms with Crippen molar-refractivity contribution in [3.8, 4) is 0 Å². The largest absolute Gasteiger partial charge is 0.524 e. The van der Waals surface area contributed by atoms with Crippen LogP contribution in [0.25, 0.3) is 0 Å². The smallest absolute Gasteiger partial charge is 0.422 e. The summed E-state index contributed by atoms with van der Waals surface area (Å²) in [5, 5.41) is 15.3. The van der Waals surface area contributed by atoms with Crippen LogP contribution in [0.3, 0.4) is 0 Å². The van der Waals surface area contributed by atoms with Gasteiger partial charge in [-0.25, -0.2) is 4.39 Å². The Morgan fingerprint density at radius 3 is 1.50 bits per heavy atom. The molecule has 0 saturated heterocycles. The van der Waals surface area contributed by atoms with Gasteiger partial charge in [0.25, 0.3) is 6.08 Å². The lowest BCUT2D eigenvalue weighted by molar-refractivity contribution is 0.354. The third-order valence-corrected chi connectivity index (χ3v) is 0.407. The average molecular weight is 126 g/mol. The van der Waals surface area contributed by atoms with Crippen molar-refractivity contribution < 1.29 is 23.2 Å². The molecule has 0 radical (unpaired) electrons. The van der Waals surface area contributed by atoms with E-state index in [0.717, 1.165) is 0 Å². The normalized spacial score (nSPS) is 8.62. The summed E-state index contributed by atoms with van der Waals surface area (Å²) >= 11 is 0. The molecule has 0 aliphatic carbocycles. The molecule has 8 heavy (non-hydrogen) atoms. The van der Waals surface area contributed by atoms with Crippen molar-refractivity contribution in [1.82, 2.24) is 0 Å². The molecule has 0 amide bonds. The molecule has 0 aromatic rings. The number of halogens is 3. The number of hydrogen-bond donors (Lipinski definition) is 2. The monoisotopic (exact) mass is 126 g/mol. The van der Waals surface area contributed by atoms with Crippen molar-refractivity contribution in [1.29, 1.82) is 0 Å². The maximum absolute atomic E-state index is 11.3. The van der Waals surface area contributed by atoms with Crippen LogP contribution in [0.4, 0.5) is 13.2 Å². The topological polar surface area (TPSA) is 40.5 Å². The van der Waals surface area contributed by atoms with Gasteiger partial charge >= 0.3 is 7.12 Å². The third kappa shape index (κ3) is 1.99. The summed E-state index contributed by atoms with van der Waals surface area (Å²) in [6.45, 7) is 0. The Bertz CT molecular complexity index is 108. The van der Waals surface area contributed by atoms with Crippen LogP contribution in [0.1, 0.15) is 0 Å². The van der Waals surface area contributed by atoms with Crippen molar-refractivity contribution in [2.24, 2.45) is 0 Å². The highest BCUT2D eigenvalue weighted by atomic mass is 19.3. The first kappa shape index (κ1) is 7.51. The van der Waals surface area contributed by atoms with E-state index < -0.39 is 18.9 Å². The molecule has 0 atom stereocenters. The van der Waals surface area contributed by atoms with Gasteiger partial charge < -0.3 is 10.0 Å². The van der Waals surface area contributed by atoms with Crippen LogP contribution in [-0.4, -0.2) is 17.2 Å². The highest BCUT2D eigenvalue weighted by molar-refractivity contribution is 6.49. The van der Waals surface area contributed by atoms with Crippen LogP contribution in [-0.2, 0) is 0 Å². The summed E-state index contributed by atoms with van der Waals surface area (Å²) < 4.78 is 33.0. The van der Waals surface area contributed by atoms with Gasteiger partial charge in [0.15, 0.2) is 5.73 Å². The first-order valence-corrected chi connectivity index (χ1v) is 1.62. The Labute approximate surface area is 43.4 Å². The quantitative estimate of drug-likeness (QED) is 0.488. The van der Waals surface area contributed by atoms with Crippen molar-refractivity contribution in [3.63, 3.8) is 0 Å². The van der Waals surface area contributed by atoms with E-state index in [1.807, 2.05) is 0 Å². The molecule has 2 nitrogen and oxygen atoms in total. The van der Waals surface area contributed by atoms with Crippen LogP contribution >= 0.6 is 0 Å². The first-order valence-electron chi connectivity index (χ1n) is 1.62. The lowest BCUT2D eigenvalue weighted by atomic mass is 9.91. The van der Waals surface area contributed by atoms with Crippen LogP contribution in [0, 0.1) is 0 Å². The second-order valence-corrected chi connectivity index (χ2v) is 0.982. The summed E-state index contributed by atoms with van der Waals surface area (Å²) in [6, 6.07) is 0.